The number of nitrogens with one attached hydrogen (secondary N) is 1. The number of nitrogen functional groups attached to an aromatic ring is 1. The van der Waals surface area contributed by atoms with Crippen molar-refractivity contribution in [3.8, 4) is 11.3 Å². The lowest BCUT2D eigenvalue weighted by atomic mass is 10.0. The number of aryl methyl sites for hydroxylation is 1. The number of carbonyl (C=O) groups is 1. The van der Waals surface area contributed by atoms with Crippen LogP contribution in [-0.4, -0.2) is 16.1 Å². The molecule has 34 heavy (non-hydrogen) atoms. The summed E-state index contributed by atoms with van der Waals surface area (Å²) in [5.41, 5.74) is 10.3. The first-order valence-electron chi connectivity index (χ1n) is 11.5. The number of ether oxygens (including phenoxy) is 1. The van der Waals surface area contributed by atoms with Gasteiger partial charge in [0.15, 0.2) is 0 Å². The van der Waals surface area contributed by atoms with Crippen LogP contribution in [0.3, 0.4) is 0 Å². The molecule has 0 aliphatic heterocycles. The normalized spacial score (nSPS) is 11.4. The van der Waals surface area contributed by atoms with E-state index in [9.17, 15) is 4.79 Å². The largest absolute Gasteiger partial charge is 0.444 e. The van der Waals surface area contributed by atoms with E-state index in [0.717, 1.165) is 39.2 Å². The number of nitrogens with two attached hydrogens (primary N) is 1. The van der Waals surface area contributed by atoms with Crippen LogP contribution in [0.5, 0.6) is 0 Å². The lowest BCUT2D eigenvalue weighted by Gasteiger charge is -2.09. The summed E-state index contributed by atoms with van der Waals surface area (Å²) in [5.74, 6) is 0.400. The minimum Gasteiger partial charge on any atom is -0.444 e. The molecule has 0 bridgehead atoms. The van der Waals surface area contributed by atoms with Crippen molar-refractivity contribution in [2.24, 2.45) is 0 Å². The molecule has 0 aliphatic rings. The van der Waals surface area contributed by atoms with Crippen molar-refractivity contribution in [3.05, 3.63) is 88.7 Å². The van der Waals surface area contributed by atoms with E-state index < -0.39 is 6.09 Å². The molecule has 2 heterocycles. The topological polar surface area (TPSA) is 90.1 Å². The van der Waals surface area contributed by atoms with Crippen LogP contribution in [-0.2, 0) is 17.8 Å². The molecule has 3 rings (SSSR count). The molecule has 3 N–H and O–H groups in total. The summed E-state index contributed by atoms with van der Waals surface area (Å²) in [7, 11) is 0. The smallest absolute Gasteiger partial charge is 0.411 e. The summed E-state index contributed by atoms with van der Waals surface area (Å²) in [4.78, 5) is 20.9. The zero-order valence-electron chi connectivity index (χ0n) is 20.5. The molecule has 0 atom stereocenters. The lowest BCUT2D eigenvalue weighted by molar-refractivity contribution is 0.143. The van der Waals surface area contributed by atoms with Crippen LogP contribution in [0.4, 0.5) is 10.6 Å². The number of allylic oxidation sites excluding steroid dienone is 1. The minimum atomic E-state index is -0.574. The Hall–Kier alpha value is -3.93. The Labute approximate surface area is 201 Å². The molecule has 3 aromatic rings. The summed E-state index contributed by atoms with van der Waals surface area (Å²) < 4.78 is 5.26. The number of alkyl carbamates (subject to hydrolysis) is 1. The Bertz CT molecular complexity index is 1220. The van der Waals surface area contributed by atoms with Crippen molar-refractivity contribution in [1.82, 2.24) is 15.3 Å². The number of hydrogen-bond donors (Lipinski definition) is 2. The van der Waals surface area contributed by atoms with E-state index in [0.29, 0.717) is 11.5 Å². The number of pyridine rings is 2. The molecule has 178 valence electrons. The standard InChI is InChI=1S/C25H26N4O2.C3H8/c1-4-19-11-12-27-15-22(19)23-14-20(21(5-2)24(26)29-23)13-17(3)28-25(30)31-16-18-9-7-6-8-10-18;1-3-2/h5-15H,3-4,16H2,1-2H3,(H2,26,29)(H,28,30);3H2,1-2H3/b20-13-,21-5+;. The van der Waals surface area contributed by atoms with Crippen LogP contribution in [0.1, 0.15) is 45.2 Å². The van der Waals surface area contributed by atoms with Gasteiger partial charge in [-0.1, -0.05) is 70.2 Å². The van der Waals surface area contributed by atoms with Gasteiger partial charge in [-0.3, -0.25) is 10.3 Å². The highest BCUT2D eigenvalue weighted by molar-refractivity contribution is 5.73. The van der Waals surface area contributed by atoms with Gasteiger partial charge < -0.3 is 10.5 Å². The Kier molecular flexibility index (Phi) is 10.5. The maximum Gasteiger partial charge on any atom is 0.411 e. The number of hydrogen-bond acceptors (Lipinski definition) is 5. The monoisotopic (exact) mass is 458 g/mol. The van der Waals surface area contributed by atoms with Gasteiger partial charge in [-0.05, 0) is 47.9 Å². The molecule has 0 spiro atoms. The number of aromatic nitrogens is 2. The highest BCUT2D eigenvalue weighted by Crippen LogP contribution is 2.20. The van der Waals surface area contributed by atoms with Crippen molar-refractivity contribution in [1.29, 1.82) is 0 Å². The van der Waals surface area contributed by atoms with E-state index >= 15 is 0 Å². The summed E-state index contributed by atoms with van der Waals surface area (Å²) in [6.07, 6.45) is 8.70. The van der Waals surface area contributed by atoms with Crippen molar-refractivity contribution >= 4 is 24.1 Å². The van der Waals surface area contributed by atoms with Crippen LogP contribution >= 0.6 is 0 Å². The molecular weight excluding hydrogens is 424 g/mol. The number of carbonyl (C=O) groups excluding carboxylic acids is 1. The molecule has 1 amide bonds. The Morgan fingerprint density at radius 3 is 2.53 bits per heavy atom. The molecule has 0 saturated heterocycles. The fourth-order valence-corrected chi connectivity index (χ4v) is 3.24. The second-order valence-electron chi connectivity index (χ2n) is 7.63. The van der Waals surface area contributed by atoms with Gasteiger partial charge in [-0.15, -0.1) is 0 Å². The third-order valence-electron chi connectivity index (χ3n) is 4.78. The highest BCUT2D eigenvalue weighted by atomic mass is 16.5. The van der Waals surface area contributed by atoms with Gasteiger partial charge in [0.2, 0.25) is 0 Å². The maximum absolute atomic E-state index is 12.1. The fraction of sp³-hybridized carbons (Fsp3) is 0.250. The Balaban J connectivity index is 0.00000129. The molecule has 0 fully saturated rings. The number of anilines is 1. The number of benzene rings is 1. The summed E-state index contributed by atoms with van der Waals surface area (Å²) in [6, 6.07) is 13.4. The summed E-state index contributed by atoms with van der Waals surface area (Å²) in [6.45, 7) is 12.3. The molecule has 6 heteroatoms. The first kappa shape index (κ1) is 26.3. The van der Waals surface area contributed by atoms with Gasteiger partial charge in [0.25, 0.3) is 0 Å². The van der Waals surface area contributed by atoms with Gasteiger partial charge in [0.05, 0.1) is 5.69 Å². The lowest BCUT2D eigenvalue weighted by Crippen LogP contribution is -2.31. The first-order valence-corrected chi connectivity index (χ1v) is 11.5. The van der Waals surface area contributed by atoms with Gasteiger partial charge in [-0.25, -0.2) is 9.78 Å². The van der Waals surface area contributed by atoms with E-state index in [4.69, 9.17) is 10.5 Å². The van der Waals surface area contributed by atoms with Crippen LogP contribution in [0.15, 0.2) is 67.1 Å². The molecule has 0 saturated carbocycles. The van der Waals surface area contributed by atoms with E-state index in [1.54, 1.807) is 18.5 Å². The molecule has 0 aliphatic carbocycles. The number of rotatable bonds is 6. The first-order chi connectivity index (χ1) is 16.4. The van der Waals surface area contributed by atoms with Crippen molar-refractivity contribution in [2.75, 3.05) is 5.73 Å². The molecule has 6 nitrogen and oxygen atoms in total. The molecule has 2 aromatic heterocycles. The molecular formula is C28H34N4O2. The van der Waals surface area contributed by atoms with E-state index in [1.165, 1.54) is 6.42 Å². The average molecular weight is 459 g/mol. The van der Waals surface area contributed by atoms with Gasteiger partial charge in [0, 0.05) is 28.9 Å². The van der Waals surface area contributed by atoms with E-state index in [-0.39, 0.29) is 6.61 Å². The van der Waals surface area contributed by atoms with Gasteiger partial charge in [-0.2, -0.15) is 0 Å². The fourth-order valence-electron chi connectivity index (χ4n) is 3.24. The van der Waals surface area contributed by atoms with Crippen molar-refractivity contribution < 1.29 is 9.53 Å². The highest BCUT2D eigenvalue weighted by Gasteiger charge is 2.08. The van der Waals surface area contributed by atoms with Gasteiger partial charge in [0.1, 0.15) is 12.4 Å². The van der Waals surface area contributed by atoms with Crippen LogP contribution < -0.4 is 21.5 Å². The number of amides is 1. The third kappa shape index (κ3) is 7.59. The molecule has 1 aromatic carbocycles. The predicted octanol–water partition coefficient (Wildman–Crippen LogP) is 4.73. The molecule has 0 unspecified atom stereocenters. The van der Waals surface area contributed by atoms with Crippen LogP contribution in [0, 0.1) is 0 Å². The Morgan fingerprint density at radius 1 is 1.18 bits per heavy atom. The third-order valence-corrected chi connectivity index (χ3v) is 4.78. The minimum absolute atomic E-state index is 0.182. The van der Waals surface area contributed by atoms with Crippen LogP contribution in [0.25, 0.3) is 23.4 Å². The average Bonchev–Trinajstić information content (AvgIpc) is 2.83. The SMILES string of the molecule is C=C(/C=c1/cc(-c2cnccc2CC)nc(N)/c1=C/C)NC(=O)OCc1ccccc1.CCC. The maximum atomic E-state index is 12.1. The summed E-state index contributed by atoms with van der Waals surface area (Å²) in [5, 5.41) is 4.22. The zero-order valence-corrected chi connectivity index (χ0v) is 20.5. The Morgan fingerprint density at radius 2 is 1.88 bits per heavy atom. The van der Waals surface area contributed by atoms with Crippen LogP contribution in [0.2, 0.25) is 0 Å². The second-order valence-corrected chi connectivity index (χ2v) is 7.63. The predicted molar refractivity (Wildman–Crippen MR) is 140 cm³/mol. The summed E-state index contributed by atoms with van der Waals surface area (Å²) >= 11 is 0. The second kappa shape index (κ2) is 13.6. The van der Waals surface area contributed by atoms with E-state index in [2.05, 4.69) is 42.6 Å². The number of nitrogens with zero attached hydrogens (tertiary/aromatic N) is 2. The molecule has 0 radical (unpaired) electrons. The zero-order chi connectivity index (χ0) is 24.9. The van der Waals surface area contributed by atoms with Gasteiger partial charge >= 0.3 is 6.09 Å². The van der Waals surface area contributed by atoms with Crippen molar-refractivity contribution in [3.63, 3.8) is 0 Å². The quantitative estimate of drug-likeness (QED) is 0.558. The van der Waals surface area contributed by atoms with Crippen molar-refractivity contribution in [2.45, 2.75) is 47.1 Å². The van der Waals surface area contributed by atoms with E-state index in [1.807, 2.05) is 55.5 Å².